The van der Waals surface area contributed by atoms with E-state index in [-0.39, 0.29) is 11.4 Å². The van der Waals surface area contributed by atoms with E-state index < -0.39 is 0 Å². The van der Waals surface area contributed by atoms with Gasteiger partial charge in [-0.3, -0.25) is 4.79 Å². The van der Waals surface area contributed by atoms with Crippen molar-refractivity contribution in [2.24, 2.45) is 0 Å². The van der Waals surface area contributed by atoms with Crippen molar-refractivity contribution in [3.63, 3.8) is 0 Å². The molecule has 0 radical (unpaired) electrons. The molecule has 0 atom stereocenters. The third-order valence-electron chi connectivity index (χ3n) is 4.38. The topological polar surface area (TPSA) is 41.6 Å². The number of amides is 1. The maximum atomic E-state index is 12.7. The van der Waals surface area contributed by atoms with Gasteiger partial charge in [0.1, 0.15) is 5.75 Å². The van der Waals surface area contributed by atoms with Crippen molar-refractivity contribution in [2.45, 2.75) is 44.8 Å². The minimum absolute atomic E-state index is 0.00484. The van der Waals surface area contributed by atoms with Crippen LogP contribution in [0.4, 0.5) is 0 Å². The van der Waals surface area contributed by atoms with Crippen LogP contribution < -0.4 is 10.1 Å². The Morgan fingerprint density at radius 2 is 2.18 bits per heavy atom. The van der Waals surface area contributed by atoms with Gasteiger partial charge < -0.3 is 15.0 Å². The van der Waals surface area contributed by atoms with Gasteiger partial charge in [0.15, 0.2) is 0 Å². The van der Waals surface area contributed by atoms with Gasteiger partial charge in [-0.1, -0.05) is 11.6 Å². The van der Waals surface area contributed by atoms with E-state index in [4.69, 9.17) is 16.3 Å². The molecular weight excluding hydrogens is 300 g/mol. The first kappa shape index (κ1) is 15.6. The summed E-state index contributed by atoms with van der Waals surface area (Å²) < 4.78 is 5.83. The SMILES string of the molecule is CC1(C)CN(C(=O)c2ccc(OC3CCC3)cc2Cl)CCN1. The maximum Gasteiger partial charge on any atom is 0.255 e. The Morgan fingerprint density at radius 1 is 1.41 bits per heavy atom. The molecule has 1 N–H and O–H groups in total. The number of hydrogen-bond acceptors (Lipinski definition) is 3. The van der Waals surface area contributed by atoms with Crippen molar-refractivity contribution in [2.75, 3.05) is 19.6 Å². The third kappa shape index (κ3) is 3.39. The van der Waals surface area contributed by atoms with Gasteiger partial charge in [-0.05, 0) is 51.3 Å². The molecule has 22 heavy (non-hydrogen) atoms. The number of nitrogens with zero attached hydrogens (tertiary/aromatic N) is 1. The van der Waals surface area contributed by atoms with Crippen LogP contribution in [0.5, 0.6) is 5.75 Å². The molecule has 1 heterocycles. The maximum absolute atomic E-state index is 12.7. The lowest BCUT2D eigenvalue weighted by Crippen LogP contribution is -2.58. The lowest BCUT2D eigenvalue weighted by Gasteiger charge is -2.39. The Hall–Kier alpha value is -1.26. The minimum atomic E-state index is -0.0618. The molecule has 2 fully saturated rings. The number of rotatable bonds is 3. The number of benzene rings is 1. The summed E-state index contributed by atoms with van der Waals surface area (Å²) in [5.74, 6) is 0.752. The Labute approximate surface area is 136 Å². The molecule has 0 unspecified atom stereocenters. The average molecular weight is 323 g/mol. The van der Waals surface area contributed by atoms with E-state index in [2.05, 4.69) is 19.2 Å². The minimum Gasteiger partial charge on any atom is -0.490 e. The van der Waals surface area contributed by atoms with E-state index in [0.717, 1.165) is 25.1 Å². The molecular formula is C17H23ClN2O2. The van der Waals surface area contributed by atoms with Gasteiger partial charge in [-0.25, -0.2) is 0 Å². The number of nitrogens with one attached hydrogen (secondary N) is 1. The molecule has 0 bridgehead atoms. The molecule has 1 saturated heterocycles. The molecule has 2 aliphatic rings. The Morgan fingerprint density at radius 3 is 2.77 bits per heavy atom. The highest BCUT2D eigenvalue weighted by Crippen LogP contribution is 2.29. The van der Waals surface area contributed by atoms with Crippen LogP contribution in [-0.4, -0.2) is 42.1 Å². The second-order valence-electron chi connectivity index (χ2n) is 6.85. The molecule has 3 rings (SSSR count). The quantitative estimate of drug-likeness (QED) is 0.929. The molecule has 0 spiro atoms. The lowest BCUT2D eigenvalue weighted by molar-refractivity contribution is 0.0652. The fraction of sp³-hybridized carbons (Fsp3) is 0.588. The zero-order chi connectivity index (χ0) is 15.7. The standard InChI is InChI=1S/C17H23ClN2O2/c1-17(2)11-20(9-8-19-17)16(21)14-7-6-13(10-15(14)18)22-12-4-3-5-12/h6-7,10,12,19H,3-5,8-9,11H2,1-2H3. The summed E-state index contributed by atoms with van der Waals surface area (Å²) in [6.45, 7) is 6.40. The molecule has 0 aromatic heterocycles. The van der Waals surface area contributed by atoms with E-state index in [0.29, 0.717) is 29.8 Å². The fourth-order valence-corrected chi connectivity index (χ4v) is 3.16. The molecule has 1 saturated carbocycles. The van der Waals surface area contributed by atoms with Gasteiger partial charge in [-0.2, -0.15) is 0 Å². The van der Waals surface area contributed by atoms with Crippen LogP contribution >= 0.6 is 11.6 Å². The van der Waals surface area contributed by atoms with E-state index in [1.54, 1.807) is 12.1 Å². The highest BCUT2D eigenvalue weighted by molar-refractivity contribution is 6.34. The van der Waals surface area contributed by atoms with E-state index in [9.17, 15) is 4.79 Å². The van der Waals surface area contributed by atoms with Crippen LogP contribution in [0, 0.1) is 0 Å². The summed E-state index contributed by atoms with van der Waals surface area (Å²) in [5, 5.41) is 3.88. The number of hydrogen-bond donors (Lipinski definition) is 1. The second-order valence-corrected chi connectivity index (χ2v) is 7.26. The van der Waals surface area contributed by atoms with Crippen LogP contribution in [0.3, 0.4) is 0 Å². The van der Waals surface area contributed by atoms with E-state index in [1.807, 2.05) is 11.0 Å². The summed E-state index contributed by atoms with van der Waals surface area (Å²) in [7, 11) is 0. The van der Waals surface area contributed by atoms with Gasteiger partial charge >= 0.3 is 0 Å². The van der Waals surface area contributed by atoms with Gasteiger partial charge in [0.2, 0.25) is 0 Å². The smallest absolute Gasteiger partial charge is 0.255 e. The van der Waals surface area contributed by atoms with Crippen LogP contribution in [0.25, 0.3) is 0 Å². The first-order valence-corrected chi connectivity index (χ1v) is 8.33. The van der Waals surface area contributed by atoms with Gasteiger partial charge in [-0.15, -0.1) is 0 Å². The zero-order valence-electron chi connectivity index (χ0n) is 13.2. The number of carbonyl (C=O) groups is 1. The van der Waals surface area contributed by atoms with Gasteiger partial charge in [0.05, 0.1) is 16.7 Å². The predicted octanol–water partition coefficient (Wildman–Crippen LogP) is 3.10. The third-order valence-corrected chi connectivity index (χ3v) is 4.70. The molecule has 1 aromatic carbocycles. The number of halogens is 1. The van der Waals surface area contributed by atoms with Crippen molar-refractivity contribution in [3.05, 3.63) is 28.8 Å². The summed E-state index contributed by atoms with van der Waals surface area (Å²) in [4.78, 5) is 14.5. The number of ether oxygens (including phenoxy) is 1. The van der Waals surface area contributed by atoms with E-state index in [1.165, 1.54) is 6.42 Å². The summed E-state index contributed by atoms with van der Waals surface area (Å²) in [6.07, 6.45) is 3.75. The fourth-order valence-electron chi connectivity index (χ4n) is 2.91. The largest absolute Gasteiger partial charge is 0.490 e. The monoisotopic (exact) mass is 322 g/mol. The van der Waals surface area contributed by atoms with Gasteiger partial charge in [0, 0.05) is 25.2 Å². The Balaban J connectivity index is 1.71. The van der Waals surface area contributed by atoms with Crippen molar-refractivity contribution < 1.29 is 9.53 Å². The van der Waals surface area contributed by atoms with Crippen LogP contribution in [0.2, 0.25) is 5.02 Å². The van der Waals surface area contributed by atoms with Crippen LogP contribution in [0.1, 0.15) is 43.5 Å². The normalized spacial score (nSPS) is 21.3. The molecule has 1 amide bonds. The average Bonchev–Trinajstić information content (AvgIpc) is 2.41. The second kappa shape index (κ2) is 6.09. The summed E-state index contributed by atoms with van der Waals surface area (Å²) >= 11 is 6.32. The molecule has 120 valence electrons. The van der Waals surface area contributed by atoms with Gasteiger partial charge in [0.25, 0.3) is 5.91 Å². The summed E-state index contributed by atoms with van der Waals surface area (Å²) in [5.41, 5.74) is 0.494. The van der Waals surface area contributed by atoms with Crippen molar-refractivity contribution in [1.29, 1.82) is 0 Å². The predicted molar refractivity (Wildman–Crippen MR) is 87.7 cm³/mol. The van der Waals surface area contributed by atoms with E-state index >= 15 is 0 Å². The van der Waals surface area contributed by atoms with Crippen LogP contribution in [0.15, 0.2) is 18.2 Å². The Bertz CT molecular complexity index is 570. The molecule has 1 aliphatic carbocycles. The molecule has 5 heteroatoms. The highest BCUT2D eigenvalue weighted by Gasteiger charge is 2.30. The number of carbonyl (C=O) groups excluding carboxylic acids is 1. The summed E-state index contributed by atoms with van der Waals surface area (Å²) in [6, 6.07) is 5.40. The zero-order valence-corrected chi connectivity index (χ0v) is 13.9. The molecule has 1 aliphatic heterocycles. The van der Waals surface area contributed by atoms with Crippen molar-refractivity contribution in [3.8, 4) is 5.75 Å². The van der Waals surface area contributed by atoms with Crippen molar-refractivity contribution in [1.82, 2.24) is 10.2 Å². The van der Waals surface area contributed by atoms with Crippen LogP contribution in [-0.2, 0) is 0 Å². The Kier molecular flexibility index (Phi) is 4.33. The van der Waals surface area contributed by atoms with Crippen molar-refractivity contribution >= 4 is 17.5 Å². The first-order chi connectivity index (χ1) is 10.4. The lowest BCUT2D eigenvalue weighted by atomic mass is 9.96. The molecule has 4 nitrogen and oxygen atoms in total. The highest BCUT2D eigenvalue weighted by atomic mass is 35.5. The first-order valence-electron chi connectivity index (χ1n) is 7.95. The number of piperazine rings is 1. The molecule has 1 aromatic rings.